The maximum absolute atomic E-state index is 11.9. The van der Waals surface area contributed by atoms with E-state index in [0.29, 0.717) is 24.8 Å². The molecule has 0 bridgehead atoms. The summed E-state index contributed by atoms with van der Waals surface area (Å²) in [6.45, 7) is 0. The number of carbonyl (C=O) groups is 3. The molecular weight excluding hydrogens is 284 g/mol. The Morgan fingerprint density at radius 3 is 2.05 bits per heavy atom. The van der Waals surface area contributed by atoms with Crippen LogP contribution >= 0.6 is 0 Å². The number of hydrogen-bond donors (Lipinski definition) is 0. The van der Waals surface area contributed by atoms with E-state index in [-0.39, 0.29) is 5.78 Å². The van der Waals surface area contributed by atoms with Crippen LogP contribution in [0.25, 0.3) is 0 Å². The van der Waals surface area contributed by atoms with Crippen LogP contribution in [-0.2, 0) is 19.1 Å². The molecule has 0 spiro atoms. The van der Waals surface area contributed by atoms with Crippen LogP contribution in [0.2, 0.25) is 0 Å². The van der Waals surface area contributed by atoms with E-state index in [9.17, 15) is 14.4 Å². The summed E-state index contributed by atoms with van der Waals surface area (Å²) in [5.74, 6) is -1.92. The number of Topliss-reactive ketones (excluding diaryl/α,β-unsaturated/α-hetero) is 1. The number of benzene rings is 1. The second-order valence-corrected chi connectivity index (χ2v) is 4.99. The fraction of sp³-hybridized carbons (Fsp3) is 0.471. The van der Waals surface area contributed by atoms with Gasteiger partial charge in [-0.2, -0.15) is 0 Å². The van der Waals surface area contributed by atoms with Gasteiger partial charge < -0.3 is 9.47 Å². The first-order valence-electron chi connectivity index (χ1n) is 7.34. The van der Waals surface area contributed by atoms with Gasteiger partial charge in [0.25, 0.3) is 0 Å². The summed E-state index contributed by atoms with van der Waals surface area (Å²) >= 11 is 0. The first-order valence-corrected chi connectivity index (χ1v) is 7.34. The summed E-state index contributed by atoms with van der Waals surface area (Å²) in [6.07, 6.45) is 2.99. The SMILES string of the molecule is COC(=O)C(CCCCCC(=O)c1ccccc1)C(=O)OC. The van der Waals surface area contributed by atoms with Crippen molar-refractivity contribution in [1.29, 1.82) is 0 Å². The predicted molar refractivity (Wildman–Crippen MR) is 81.4 cm³/mol. The molecule has 5 heteroatoms. The van der Waals surface area contributed by atoms with Gasteiger partial charge in [0.15, 0.2) is 11.7 Å². The highest BCUT2D eigenvalue weighted by Gasteiger charge is 2.27. The monoisotopic (exact) mass is 306 g/mol. The molecule has 0 heterocycles. The standard InChI is InChI=1S/C17H22O5/c1-21-16(19)14(17(20)22-2)11-7-4-8-12-15(18)13-9-5-3-6-10-13/h3,5-6,9-10,14H,4,7-8,11-12H2,1-2H3. The van der Waals surface area contributed by atoms with Crippen LogP contribution in [0.4, 0.5) is 0 Å². The van der Waals surface area contributed by atoms with Crippen LogP contribution in [0.3, 0.4) is 0 Å². The molecule has 0 amide bonds. The minimum Gasteiger partial charge on any atom is -0.468 e. The molecule has 22 heavy (non-hydrogen) atoms. The van der Waals surface area contributed by atoms with Crippen molar-refractivity contribution < 1.29 is 23.9 Å². The average molecular weight is 306 g/mol. The maximum atomic E-state index is 11.9. The zero-order chi connectivity index (χ0) is 16.4. The molecule has 0 atom stereocenters. The molecule has 0 saturated heterocycles. The van der Waals surface area contributed by atoms with Crippen molar-refractivity contribution >= 4 is 17.7 Å². The van der Waals surface area contributed by atoms with Crippen molar-refractivity contribution in [2.45, 2.75) is 32.1 Å². The van der Waals surface area contributed by atoms with Crippen molar-refractivity contribution in [1.82, 2.24) is 0 Å². The molecule has 0 aromatic heterocycles. The first-order chi connectivity index (χ1) is 10.6. The average Bonchev–Trinajstić information content (AvgIpc) is 2.57. The van der Waals surface area contributed by atoms with Gasteiger partial charge in [-0.3, -0.25) is 14.4 Å². The van der Waals surface area contributed by atoms with Crippen molar-refractivity contribution in [2.24, 2.45) is 5.92 Å². The van der Waals surface area contributed by atoms with Crippen LogP contribution in [0, 0.1) is 5.92 Å². The van der Waals surface area contributed by atoms with Crippen molar-refractivity contribution in [3.05, 3.63) is 35.9 Å². The second-order valence-electron chi connectivity index (χ2n) is 4.99. The molecule has 0 aliphatic heterocycles. The molecule has 0 aliphatic rings. The molecular formula is C17H22O5. The van der Waals surface area contributed by atoms with Crippen molar-refractivity contribution in [3.8, 4) is 0 Å². The lowest BCUT2D eigenvalue weighted by atomic mass is 9.99. The summed E-state index contributed by atoms with van der Waals surface area (Å²) in [5.41, 5.74) is 0.712. The summed E-state index contributed by atoms with van der Waals surface area (Å²) in [6, 6.07) is 9.14. The van der Waals surface area contributed by atoms with Gasteiger partial charge in [0, 0.05) is 12.0 Å². The summed E-state index contributed by atoms with van der Waals surface area (Å²) in [7, 11) is 2.49. The van der Waals surface area contributed by atoms with Crippen LogP contribution in [0.15, 0.2) is 30.3 Å². The van der Waals surface area contributed by atoms with E-state index in [2.05, 4.69) is 9.47 Å². The number of ether oxygens (including phenoxy) is 2. The second kappa shape index (κ2) is 9.71. The van der Waals surface area contributed by atoms with E-state index < -0.39 is 17.9 Å². The Kier molecular flexibility index (Phi) is 7.89. The van der Waals surface area contributed by atoms with Gasteiger partial charge in [-0.1, -0.05) is 43.2 Å². The molecule has 0 aliphatic carbocycles. The Bertz CT molecular complexity index is 479. The highest BCUT2D eigenvalue weighted by atomic mass is 16.5. The van der Waals surface area contributed by atoms with Crippen LogP contribution in [0.1, 0.15) is 42.5 Å². The van der Waals surface area contributed by atoms with E-state index in [4.69, 9.17) is 0 Å². The molecule has 0 N–H and O–H groups in total. The van der Waals surface area contributed by atoms with Crippen LogP contribution in [-0.4, -0.2) is 31.9 Å². The summed E-state index contributed by atoms with van der Waals surface area (Å²) < 4.78 is 9.19. The van der Waals surface area contributed by atoms with E-state index in [1.807, 2.05) is 18.2 Å². The molecule has 1 rings (SSSR count). The molecule has 1 aromatic rings. The lowest BCUT2D eigenvalue weighted by Gasteiger charge is -2.11. The lowest BCUT2D eigenvalue weighted by Crippen LogP contribution is -2.26. The minimum absolute atomic E-state index is 0.109. The zero-order valence-electron chi connectivity index (χ0n) is 13.0. The van der Waals surface area contributed by atoms with Gasteiger partial charge in [-0.15, -0.1) is 0 Å². The summed E-state index contributed by atoms with van der Waals surface area (Å²) in [5, 5.41) is 0. The Hall–Kier alpha value is -2.17. The van der Waals surface area contributed by atoms with Gasteiger partial charge in [-0.05, 0) is 12.8 Å². The Balaban J connectivity index is 2.30. The van der Waals surface area contributed by atoms with Crippen LogP contribution < -0.4 is 0 Å². The molecule has 1 aromatic carbocycles. The third-order valence-electron chi connectivity index (χ3n) is 3.46. The molecule has 120 valence electrons. The number of ketones is 1. The maximum Gasteiger partial charge on any atom is 0.320 e. The van der Waals surface area contributed by atoms with Crippen molar-refractivity contribution in [2.75, 3.05) is 14.2 Å². The Labute approximate surface area is 130 Å². The highest BCUT2D eigenvalue weighted by molar-refractivity contribution is 5.96. The third kappa shape index (κ3) is 5.68. The van der Waals surface area contributed by atoms with Crippen molar-refractivity contribution in [3.63, 3.8) is 0 Å². The normalized spacial score (nSPS) is 10.3. The number of esters is 2. The predicted octanol–water partition coefficient (Wildman–Crippen LogP) is 2.78. The van der Waals surface area contributed by atoms with E-state index in [1.54, 1.807) is 12.1 Å². The molecule has 0 saturated carbocycles. The van der Waals surface area contributed by atoms with Gasteiger partial charge in [0.1, 0.15) is 0 Å². The van der Waals surface area contributed by atoms with Crippen LogP contribution in [0.5, 0.6) is 0 Å². The molecule has 0 unspecified atom stereocenters. The molecule has 0 fully saturated rings. The first kappa shape index (κ1) is 17.9. The smallest absolute Gasteiger partial charge is 0.320 e. The Morgan fingerprint density at radius 1 is 0.909 bits per heavy atom. The molecule has 5 nitrogen and oxygen atoms in total. The topological polar surface area (TPSA) is 69.7 Å². The fourth-order valence-corrected chi connectivity index (χ4v) is 2.20. The minimum atomic E-state index is -0.875. The van der Waals surface area contributed by atoms with Gasteiger partial charge in [-0.25, -0.2) is 0 Å². The van der Waals surface area contributed by atoms with Gasteiger partial charge in [0.05, 0.1) is 14.2 Å². The fourth-order valence-electron chi connectivity index (χ4n) is 2.20. The van der Waals surface area contributed by atoms with Gasteiger partial charge >= 0.3 is 11.9 Å². The number of methoxy groups -OCH3 is 2. The quantitative estimate of drug-likeness (QED) is 0.304. The van der Waals surface area contributed by atoms with Gasteiger partial charge in [0.2, 0.25) is 0 Å². The number of hydrogen-bond acceptors (Lipinski definition) is 5. The Morgan fingerprint density at radius 2 is 1.50 bits per heavy atom. The number of unbranched alkanes of at least 4 members (excludes halogenated alkanes) is 2. The third-order valence-corrected chi connectivity index (χ3v) is 3.46. The zero-order valence-corrected chi connectivity index (χ0v) is 13.0. The number of carbonyl (C=O) groups excluding carboxylic acids is 3. The largest absolute Gasteiger partial charge is 0.468 e. The highest BCUT2D eigenvalue weighted by Crippen LogP contribution is 2.15. The van der Waals surface area contributed by atoms with E-state index in [0.717, 1.165) is 12.8 Å². The number of rotatable bonds is 9. The molecule has 0 radical (unpaired) electrons. The van der Waals surface area contributed by atoms with E-state index in [1.165, 1.54) is 14.2 Å². The lowest BCUT2D eigenvalue weighted by molar-refractivity contribution is -0.159. The summed E-state index contributed by atoms with van der Waals surface area (Å²) in [4.78, 5) is 34.9. The van der Waals surface area contributed by atoms with E-state index >= 15 is 0 Å².